The van der Waals surface area contributed by atoms with Crippen LogP contribution in [0.5, 0.6) is 5.88 Å². The van der Waals surface area contributed by atoms with Crippen molar-refractivity contribution in [1.29, 1.82) is 0 Å². The largest absolute Gasteiger partial charge is 0.481 e. The molecule has 0 spiro atoms. The van der Waals surface area contributed by atoms with Gasteiger partial charge >= 0.3 is 0 Å². The van der Waals surface area contributed by atoms with Crippen molar-refractivity contribution in [3.05, 3.63) is 53.7 Å². The van der Waals surface area contributed by atoms with Gasteiger partial charge < -0.3 is 4.74 Å². The van der Waals surface area contributed by atoms with E-state index in [1.807, 2.05) is 18.2 Å². The molecule has 6 heteroatoms. The predicted molar refractivity (Wildman–Crippen MR) is 85.4 cm³/mol. The molecule has 1 unspecified atom stereocenters. The lowest BCUT2D eigenvalue weighted by molar-refractivity contribution is 0.193. The van der Waals surface area contributed by atoms with Gasteiger partial charge in [0.25, 0.3) is 0 Å². The average Bonchev–Trinajstić information content (AvgIpc) is 3.05. The molecule has 0 bridgehead atoms. The maximum absolute atomic E-state index is 13.7. The third kappa shape index (κ3) is 3.65. The molecule has 1 atom stereocenters. The summed E-state index contributed by atoms with van der Waals surface area (Å²) in [6, 6.07) is 9.06. The average molecular weight is 316 g/mol. The lowest BCUT2D eigenvalue weighted by atomic mass is 10.2. The minimum absolute atomic E-state index is 0.184. The molecule has 0 aliphatic carbocycles. The topological polar surface area (TPSA) is 41.5 Å². The minimum Gasteiger partial charge on any atom is -0.481 e. The number of halogens is 1. The second-order valence-corrected chi connectivity index (χ2v) is 5.72. The van der Waals surface area contributed by atoms with Gasteiger partial charge in [-0.1, -0.05) is 6.07 Å². The maximum atomic E-state index is 13.7. The van der Waals surface area contributed by atoms with Crippen LogP contribution in [0.25, 0.3) is 0 Å². The van der Waals surface area contributed by atoms with Gasteiger partial charge in [0.15, 0.2) is 0 Å². The first-order valence-electron chi connectivity index (χ1n) is 7.74. The summed E-state index contributed by atoms with van der Waals surface area (Å²) in [6.07, 6.45) is 1.63. The van der Waals surface area contributed by atoms with Crippen molar-refractivity contribution >= 4 is 0 Å². The lowest BCUT2D eigenvalue weighted by Gasteiger charge is -2.24. The van der Waals surface area contributed by atoms with Gasteiger partial charge in [-0.25, -0.2) is 9.37 Å². The molecule has 0 amide bonds. The van der Waals surface area contributed by atoms with Crippen LogP contribution < -0.4 is 4.74 Å². The molecule has 1 aliphatic heterocycles. The number of hydrogen-bond acceptors (Lipinski definition) is 5. The zero-order valence-corrected chi connectivity index (χ0v) is 13.4. The van der Waals surface area contributed by atoms with E-state index in [0.717, 1.165) is 25.5 Å². The van der Waals surface area contributed by atoms with Gasteiger partial charge in [0.05, 0.1) is 31.2 Å². The molecule has 0 radical (unpaired) electrons. The fourth-order valence-electron chi connectivity index (χ4n) is 2.82. The first-order chi connectivity index (χ1) is 11.2. The van der Waals surface area contributed by atoms with Crippen molar-refractivity contribution in [2.75, 3.05) is 26.9 Å². The van der Waals surface area contributed by atoms with Crippen molar-refractivity contribution in [3.8, 4) is 5.88 Å². The molecule has 2 aromatic heterocycles. The first kappa shape index (κ1) is 15.8. The van der Waals surface area contributed by atoms with Crippen molar-refractivity contribution in [1.82, 2.24) is 19.8 Å². The number of nitrogens with zero attached hydrogens (tertiary/aromatic N) is 4. The van der Waals surface area contributed by atoms with Crippen LogP contribution in [-0.2, 0) is 6.54 Å². The molecule has 3 heterocycles. The van der Waals surface area contributed by atoms with Crippen LogP contribution in [0.1, 0.15) is 24.4 Å². The summed E-state index contributed by atoms with van der Waals surface area (Å²) < 4.78 is 18.9. The van der Waals surface area contributed by atoms with Gasteiger partial charge in [-0.05, 0) is 25.1 Å². The third-order valence-corrected chi connectivity index (χ3v) is 4.22. The fourth-order valence-corrected chi connectivity index (χ4v) is 2.82. The van der Waals surface area contributed by atoms with E-state index < -0.39 is 0 Å². The Kier molecular flexibility index (Phi) is 4.83. The quantitative estimate of drug-likeness (QED) is 0.847. The zero-order chi connectivity index (χ0) is 16.2. The minimum atomic E-state index is -0.242. The molecule has 122 valence electrons. The van der Waals surface area contributed by atoms with E-state index in [4.69, 9.17) is 4.74 Å². The summed E-state index contributed by atoms with van der Waals surface area (Å²) in [7, 11) is 1.62. The Hall–Kier alpha value is -2.05. The molecule has 0 aromatic carbocycles. The summed E-state index contributed by atoms with van der Waals surface area (Å²) in [5, 5.41) is 0. The Morgan fingerprint density at radius 1 is 1.26 bits per heavy atom. The smallest absolute Gasteiger partial charge is 0.213 e. The Balaban J connectivity index is 1.64. The van der Waals surface area contributed by atoms with Gasteiger partial charge in [-0.3, -0.25) is 14.8 Å². The molecule has 1 fully saturated rings. The highest BCUT2D eigenvalue weighted by atomic mass is 19.1. The fraction of sp³-hybridized carbons (Fsp3) is 0.412. The third-order valence-electron chi connectivity index (χ3n) is 4.22. The molecule has 3 rings (SSSR count). The molecule has 5 nitrogen and oxygen atoms in total. The van der Waals surface area contributed by atoms with Gasteiger partial charge in [-0.2, -0.15) is 0 Å². The Morgan fingerprint density at radius 2 is 2.13 bits per heavy atom. The highest BCUT2D eigenvalue weighted by molar-refractivity contribution is 5.18. The van der Waals surface area contributed by atoms with Crippen molar-refractivity contribution in [2.24, 2.45) is 0 Å². The van der Waals surface area contributed by atoms with Crippen LogP contribution in [0.15, 0.2) is 36.5 Å². The zero-order valence-electron chi connectivity index (χ0n) is 13.4. The highest BCUT2D eigenvalue weighted by Gasteiger charge is 2.26. The molecule has 0 saturated carbocycles. The molecular weight excluding hydrogens is 295 g/mol. The van der Waals surface area contributed by atoms with Crippen LogP contribution in [0, 0.1) is 5.82 Å². The number of methoxy groups -OCH3 is 1. The van der Waals surface area contributed by atoms with Gasteiger partial charge in [0.1, 0.15) is 5.82 Å². The van der Waals surface area contributed by atoms with Crippen molar-refractivity contribution < 1.29 is 9.13 Å². The van der Waals surface area contributed by atoms with Crippen LogP contribution in [0.4, 0.5) is 4.39 Å². The monoisotopic (exact) mass is 316 g/mol. The summed E-state index contributed by atoms with van der Waals surface area (Å²) >= 11 is 0. The Morgan fingerprint density at radius 3 is 2.91 bits per heavy atom. The van der Waals surface area contributed by atoms with E-state index >= 15 is 0 Å². The molecule has 1 aliphatic rings. The Labute approximate surface area is 135 Å². The standard InChI is InChI=1S/C17H21FN4O/c1-13(15-6-3-7-17(20-15)23-2)22-10-9-21(12-22)11-16-14(18)5-4-8-19-16/h3-8,13H,9-12H2,1-2H3. The van der Waals surface area contributed by atoms with Gasteiger partial charge in [0, 0.05) is 31.9 Å². The predicted octanol–water partition coefficient (Wildman–Crippen LogP) is 2.46. The number of aromatic nitrogens is 2. The van der Waals surface area contributed by atoms with Crippen LogP contribution in [0.3, 0.4) is 0 Å². The maximum Gasteiger partial charge on any atom is 0.213 e. The van der Waals surface area contributed by atoms with Crippen LogP contribution in [-0.4, -0.2) is 46.6 Å². The summed E-state index contributed by atoms with van der Waals surface area (Å²) in [5.74, 6) is 0.384. The second kappa shape index (κ2) is 7.02. The van der Waals surface area contributed by atoms with E-state index in [1.54, 1.807) is 19.4 Å². The normalized spacial score (nSPS) is 17.3. The number of pyridine rings is 2. The summed E-state index contributed by atoms with van der Waals surface area (Å²) in [4.78, 5) is 13.2. The summed E-state index contributed by atoms with van der Waals surface area (Å²) in [6.45, 7) is 5.25. The summed E-state index contributed by atoms with van der Waals surface area (Å²) in [5.41, 5.74) is 1.48. The van der Waals surface area contributed by atoms with E-state index in [2.05, 4.69) is 26.7 Å². The lowest BCUT2D eigenvalue weighted by Crippen LogP contribution is -2.28. The SMILES string of the molecule is COc1cccc(C(C)N2CCN(Cc3ncccc3F)C2)n1. The highest BCUT2D eigenvalue weighted by Crippen LogP contribution is 2.24. The van der Waals surface area contributed by atoms with Gasteiger partial charge in [0.2, 0.25) is 5.88 Å². The van der Waals surface area contributed by atoms with E-state index in [9.17, 15) is 4.39 Å². The van der Waals surface area contributed by atoms with E-state index in [0.29, 0.717) is 18.1 Å². The van der Waals surface area contributed by atoms with Crippen LogP contribution in [0.2, 0.25) is 0 Å². The van der Waals surface area contributed by atoms with E-state index in [1.165, 1.54) is 6.07 Å². The van der Waals surface area contributed by atoms with Crippen molar-refractivity contribution in [2.45, 2.75) is 19.5 Å². The molecule has 0 N–H and O–H groups in total. The second-order valence-electron chi connectivity index (χ2n) is 5.72. The van der Waals surface area contributed by atoms with Crippen molar-refractivity contribution in [3.63, 3.8) is 0 Å². The number of rotatable bonds is 5. The molecular formula is C17H21FN4O. The first-order valence-corrected chi connectivity index (χ1v) is 7.74. The van der Waals surface area contributed by atoms with E-state index in [-0.39, 0.29) is 11.9 Å². The molecule has 2 aromatic rings. The van der Waals surface area contributed by atoms with Gasteiger partial charge in [-0.15, -0.1) is 0 Å². The van der Waals surface area contributed by atoms with Crippen LogP contribution >= 0.6 is 0 Å². The molecule has 23 heavy (non-hydrogen) atoms. The molecule has 1 saturated heterocycles. The Bertz CT molecular complexity index is 667. The number of hydrogen-bond donors (Lipinski definition) is 0. The number of ether oxygens (including phenoxy) is 1.